The number of aromatic nitrogens is 2. The first-order valence-electron chi connectivity index (χ1n) is 10.9. The summed E-state index contributed by atoms with van der Waals surface area (Å²) in [4.78, 5) is 7.61. The van der Waals surface area contributed by atoms with Crippen molar-refractivity contribution in [3.8, 4) is 22.4 Å². The molecule has 5 rings (SSSR count). The van der Waals surface area contributed by atoms with Gasteiger partial charge in [0.2, 0.25) is 0 Å². The number of aryl methyl sites for hydroxylation is 1. The maximum absolute atomic E-state index is 5.06. The van der Waals surface area contributed by atoms with E-state index in [9.17, 15) is 0 Å². The minimum Gasteiger partial charge on any atom is -0.315 e. The van der Waals surface area contributed by atoms with Crippen molar-refractivity contribution in [2.45, 2.75) is 19.9 Å². The van der Waals surface area contributed by atoms with Gasteiger partial charge >= 0.3 is 0 Å². The zero-order valence-electron chi connectivity index (χ0n) is 17.5. The lowest BCUT2D eigenvalue weighted by Crippen LogP contribution is -2.28. The number of benzene rings is 2. The van der Waals surface area contributed by atoms with E-state index < -0.39 is 0 Å². The van der Waals surface area contributed by atoms with Crippen LogP contribution in [-0.4, -0.2) is 40.5 Å². The van der Waals surface area contributed by atoms with Gasteiger partial charge in [0.1, 0.15) is 5.65 Å². The van der Waals surface area contributed by atoms with Crippen LogP contribution in [0.1, 0.15) is 17.8 Å². The lowest BCUT2D eigenvalue weighted by molar-refractivity contribution is 0.280. The summed E-state index contributed by atoms with van der Waals surface area (Å²) in [6, 6.07) is 25.8. The number of imidazole rings is 1. The normalized spacial score (nSPS) is 15.4. The van der Waals surface area contributed by atoms with Crippen LogP contribution in [0.5, 0.6) is 0 Å². The predicted octanol–water partition coefficient (Wildman–Crippen LogP) is 4.77. The highest BCUT2D eigenvalue weighted by Crippen LogP contribution is 2.29. The molecule has 0 atom stereocenters. The fourth-order valence-corrected chi connectivity index (χ4v) is 4.43. The van der Waals surface area contributed by atoms with E-state index in [2.05, 4.69) is 94.3 Å². The molecule has 0 radical (unpaired) electrons. The van der Waals surface area contributed by atoms with Gasteiger partial charge in [-0.05, 0) is 49.7 Å². The van der Waals surface area contributed by atoms with Crippen LogP contribution in [0.25, 0.3) is 28.0 Å². The van der Waals surface area contributed by atoms with E-state index >= 15 is 0 Å². The molecule has 152 valence electrons. The molecule has 1 saturated heterocycles. The Morgan fingerprint density at radius 3 is 2.40 bits per heavy atom. The van der Waals surface area contributed by atoms with Crippen LogP contribution in [0.15, 0.2) is 72.8 Å². The molecule has 1 fully saturated rings. The molecule has 0 amide bonds. The highest BCUT2D eigenvalue weighted by Gasteiger charge is 2.19. The van der Waals surface area contributed by atoms with E-state index in [1.165, 1.54) is 34.5 Å². The Kier molecular flexibility index (Phi) is 5.35. The Hall–Kier alpha value is -2.95. The Morgan fingerprint density at radius 1 is 0.800 bits per heavy atom. The van der Waals surface area contributed by atoms with Crippen molar-refractivity contribution in [3.05, 3.63) is 84.2 Å². The lowest BCUT2D eigenvalue weighted by Gasteiger charge is -2.20. The van der Waals surface area contributed by atoms with Gasteiger partial charge in [-0.2, -0.15) is 0 Å². The number of fused-ring (bicyclic) bond motifs is 1. The van der Waals surface area contributed by atoms with Crippen LogP contribution in [0.3, 0.4) is 0 Å². The first-order chi connectivity index (χ1) is 14.8. The molecular formula is C26H28N4. The standard InChI is InChI=1S/C26H28N4/c1-20-7-5-10-25-28-26(24(30(20)25)19-29-17-6-15-27-16-18-29)23-13-11-22(12-14-23)21-8-3-2-4-9-21/h2-5,7-14,27H,6,15-19H2,1H3. The van der Waals surface area contributed by atoms with Gasteiger partial charge in [-0.3, -0.25) is 9.30 Å². The molecule has 3 heterocycles. The monoisotopic (exact) mass is 396 g/mol. The van der Waals surface area contributed by atoms with Crippen molar-refractivity contribution in [2.75, 3.05) is 26.2 Å². The summed E-state index contributed by atoms with van der Waals surface area (Å²) >= 11 is 0. The highest BCUT2D eigenvalue weighted by molar-refractivity contribution is 5.71. The van der Waals surface area contributed by atoms with Gasteiger partial charge in [0, 0.05) is 30.9 Å². The second-order valence-corrected chi connectivity index (χ2v) is 8.09. The summed E-state index contributed by atoms with van der Waals surface area (Å²) in [6.07, 6.45) is 1.19. The molecule has 0 unspecified atom stereocenters. The van der Waals surface area contributed by atoms with Crippen molar-refractivity contribution < 1.29 is 0 Å². The molecule has 1 aliphatic rings. The lowest BCUT2D eigenvalue weighted by atomic mass is 10.0. The van der Waals surface area contributed by atoms with Crippen molar-refractivity contribution in [2.24, 2.45) is 0 Å². The molecule has 0 bridgehead atoms. The van der Waals surface area contributed by atoms with E-state index in [1.807, 2.05) is 0 Å². The van der Waals surface area contributed by atoms with E-state index in [0.717, 1.165) is 44.1 Å². The maximum atomic E-state index is 5.06. The molecule has 0 saturated carbocycles. The van der Waals surface area contributed by atoms with Gasteiger partial charge in [-0.1, -0.05) is 60.7 Å². The third-order valence-corrected chi connectivity index (χ3v) is 6.01. The Balaban J connectivity index is 1.55. The largest absolute Gasteiger partial charge is 0.315 e. The number of pyridine rings is 1. The van der Waals surface area contributed by atoms with E-state index in [1.54, 1.807) is 0 Å². The van der Waals surface area contributed by atoms with E-state index in [-0.39, 0.29) is 0 Å². The van der Waals surface area contributed by atoms with Gasteiger partial charge in [0.25, 0.3) is 0 Å². The minimum atomic E-state index is 0.920. The SMILES string of the molecule is Cc1cccc2nc(-c3ccc(-c4ccccc4)cc3)c(CN3CCCNCC3)n12. The Morgan fingerprint density at radius 2 is 1.57 bits per heavy atom. The van der Waals surface area contributed by atoms with Crippen LogP contribution in [0.2, 0.25) is 0 Å². The molecule has 2 aromatic heterocycles. The van der Waals surface area contributed by atoms with Gasteiger partial charge in [0.15, 0.2) is 0 Å². The van der Waals surface area contributed by atoms with Gasteiger partial charge in [-0.15, -0.1) is 0 Å². The number of rotatable bonds is 4. The predicted molar refractivity (Wildman–Crippen MR) is 124 cm³/mol. The van der Waals surface area contributed by atoms with Crippen LogP contribution in [0.4, 0.5) is 0 Å². The number of hydrogen-bond donors (Lipinski definition) is 1. The fourth-order valence-electron chi connectivity index (χ4n) is 4.43. The zero-order valence-corrected chi connectivity index (χ0v) is 17.5. The van der Waals surface area contributed by atoms with Crippen molar-refractivity contribution in [3.63, 3.8) is 0 Å². The average molecular weight is 397 g/mol. The smallest absolute Gasteiger partial charge is 0.137 e. The van der Waals surface area contributed by atoms with Crippen molar-refractivity contribution >= 4 is 5.65 Å². The number of nitrogens with zero attached hydrogens (tertiary/aromatic N) is 3. The molecule has 30 heavy (non-hydrogen) atoms. The molecule has 4 heteroatoms. The van der Waals surface area contributed by atoms with Gasteiger partial charge in [0.05, 0.1) is 11.4 Å². The number of hydrogen-bond acceptors (Lipinski definition) is 3. The summed E-state index contributed by atoms with van der Waals surface area (Å²) in [7, 11) is 0. The average Bonchev–Trinajstić information content (AvgIpc) is 2.96. The number of nitrogens with one attached hydrogen (secondary N) is 1. The molecule has 1 aliphatic heterocycles. The Labute approximate surface area is 178 Å². The zero-order chi connectivity index (χ0) is 20.3. The van der Waals surface area contributed by atoms with Crippen molar-refractivity contribution in [1.82, 2.24) is 19.6 Å². The van der Waals surface area contributed by atoms with E-state index in [4.69, 9.17) is 4.98 Å². The second kappa shape index (κ2) is 8.42. The molecule has 0 spiro atoms. The maximum Gasteiger partial charge on any atom is 0.137 e. The third kappa shape index (κ3) is 3.76. The first kappa shape index (κ1) is 19.0. The highest BCUT2D eigenvalue weighted by atomic mass is 15.2. The molecule has 1 N–H and O–H groups in total. The summed E-state index contributed by atoms with van der Waals surface area (Å²) in [6.45, 7) is 7.45. The van der Waals surface area contributed by atoms with Gasteiger partial charge < -0.3 is 5.32 Å². The van der Waals surface area contributed by atoms with Gasteiger partial charge in [-0.25, -0.2) is 4.98 Å². The quantitative estimate of drug-likeness (QED) is 0.539. The summed E-state index contributed by atoms with van der Waals surface area (Å²) < 4.78 is 2.33. The topological polar surface area (TPSA) is 32.6 Å². The Bertz CT molecular complexity index is 1120. The van der Waals surface area contributed by atoms with Crippen LogP contribution in [0, 0.1) is 6.92 Å². The first-order valence-corrected chi connectivity index (χ1v) is 10.9. The molecular weight excluding hydrogens is 368 g/mol. The van der Waals surface area contributed by atoms with Crippen LogP contribution < -0.4 is 5.32 Å². The summed E-state index contributed by atoms with van der Waals surface area (Å²) in [5.41, 5.74) is 8.31. The van der Waals surface area contributed by atoms with E-state index in [0.29, 0.717) is 0 Å². The minimum absolute atomic E-state index is 0.920. The fraction of sp³-hybridized carbons (Fsp3) is 0.269. The van der Waals surface area contributed by atoms with Crippen LogP contribution in [-0.2, 0) is 6.54 Å². The summed E-state index contributed by atoms with van der Waals surface area (Å²) in [5, 5.41) is 3.51. The third-order valence-electron chi connectivity index (χ3n) is 6.01. The second-order valence-electron chi connectivity index (χ2n) is 8.09. The van der Waals surface area contributed by atoms with Crippen LogP contribution >= 0.6 is 0 Å². The molecule has 0 aliphatic carbocycles. The molecule has 4 nitrogen and oxygen atoms in total. The summed E-state index contributed by atoms with van der Waals surface area (Å²) in [5.74, 6) is 0. The molecule has 2 aromatic carbocycles. The molecule has 4 aromatic rings. The van der Waals surface area contributed by atoms with Crippen molar-refractivity contribution in [1.29, 1.82) is 0 Å².